The molecule has 0 aliphatic rings. The third-order valence-electron chi connectivity index (χ3n) is 12.0. The van der Waals surface area contributed by atoms with Crippen LogP contribution >= 0.6 is 0 Å². The summed E-state index contributed by atoms with van der Waals surface area (Å²) < 4.78 is 70.4. The molecule has 2 aromatic heterocycles. The SMILES string of the molecule is [2H]c1c([2H])c([2H])c2c(c1[2H])c1c([2H])c(-c3ccc4c(c3)c3cc(-c5ccccc5)ccc3n4-c3ccccc3-c3ccccc3)c([2H])c([2H])c1n2-c1ccc(-c2ccccc2)cc1-c1ccccc1. The van der Waals surface area contributed by atoms with Crippen LogP contribution in [0.1, 0.15) is 9.60 Å². The lowest BCUT2D eigenvalue weighted by Gasteiger charge is -2.16. The zero-order valence-corrected chi connectivity index (χ0v) is 33.4. The van der Waals surface area contributed by atoms with Crippen molar-refractivity contribution in [2.45, 2.75) is 0 Å². The first kappa shape index (κ1) is 29.1. The first-order valence-electron chi connectivity index (χ1n) is 24.3. The molecular weight excluding hydrogens is 749 g/mol. The van der Waals surface area contributed by atoms with Crippen LogP contribution in [0.15, 0.2) is 242 Å². The van der Waals surface area contributed by atoms with Crippen molar-refractivity contribution in [3.63, 3.8) is 0 Å². The fourth-order valence-corrected chi connectivity index (χ4v) is 9.07. The second kappa shape index (κ2) is 14.8. The van der Waals surface area contributed by atoms with E-state index >= 15 is 0 Å². The Morgan fingerprint density at radius 3 is 1.39 bits per heavy atom. The van der Waals surface area contributed by atoms with Crippen LogP contribution in [-0.4, -0.2) is 9.13 Å². The average Bonchev–Trinajstić information content (AvgIpc) is 3.93. The normalized spacial score (nSPS) is 13.1. The molecule has 10 aromatic carbocycles. The topological polar surface area (TPSA) is 9.86 Å². The van der Waals surface area contributed by atoms with E-state index in [4.69, 9.17) is 2.74 Å². The summed E-state index contributed by atoms with van der Waals surface area (Å²) in [4.78, 5) is 0. The number of rotatable bonds is 7. The van der Waals surface area contributed by atoms with Crippen molar-refractivity contribution in [2.24, 2.45) is 0 Å². The van der Waals surface area contributed by atoms with E-state index in [9.17, 15) is 6.85 Å². The van der Waals surface area contributed by atoms with Crippen LogP contribution < -0.4 is 0 Å². The molecule has 290 valence electrons. The van der Waals surface area contributed by atoms with Gasteiger partial charge >= 0.3 is 0 Å². The molecule has 2 heterocycles. The molecule has 0 saturated heterocycles. The van der Waals surface area contributed by atoms with E-state index in [2.05, 4.69) is 65.2 Å². The summed E-state index contributed by atoms with van der Waals surface area (Å²) in [6.07, 6.45) is 0. The number of benzene rings is 10. The van der Waals surface area contributed by atoms with Crippen molar-refractivity contribution in [1.29, 1.82) is 0 Å². The van der Waals surface area contributed by atoms with Crippen LogP contribution in [0.2, 0.25) is 0 Å². The summed E-state index contributed by atoms with van der Waals surface area (Å²) in [6.45, 7) is 0. The minimum Gasteiger partial charge on any atom is -0.309 e. The zero-order chi connectivity index (χ0) is 47.1. The quantitative estimate of drug-likeness (QED) is 0.152. The van der Waals surface area contributed by atoms with Crippen molar-refractivity contribution >= 4 is 43.6 Å². The van der Waals surface area contributed by atoms with Gasteiger partial charge in [0.1, 0.15) is 0 Å². The number of fused-ring (bicyclic) bond motifs is 6. The van der Waals surface area contributed by atoms with Gasteiger partial charge in [-0.25, -0.2) is 0 Å². The maximum absolute atomic E-state index is 10.1. The lowest BCUT2D eigenvalue weighted by Crippen LogP contribution is -1.98. The Morgan fingerprint density at radius 1 is 0.274 bits per heavy atom. The van der Waals surface area contributed by atoms with Gasteiger partial charge in [0.15, 0.2) is 0 Å². The fourth-order valence-electron chi connectivity index (χ4n) is 9.07. The third-order valence-corrected chi connectivity index (χ3v) is 12.0. The number of nitrogens with zero attached hydrogens (tertiary/aromatic N) is 2. The van der Waals surface area contributed by atoms with Crippen LogP contribution in [-0.2, 0) is 0 Å². The summed E-state index contributed by atoms with van der Waals surface area (Å²) in [5, 5.41) is 2.18. The van der Waals surface area contributed by atoms with E-state index < -0.39 is 12.1 Å². The minimum atomic E-state index is -0.434. The first-order valence-corrected chi connectivity index (χ1v) is 20.8. The molecule has 0 unspecified atom stereocenters. The summed E-state index contributed by atoms with van der Waals surface area (Å²) in [5.74, 6) is 0. The molecule has 12 rings (SSSR count). The van der Waals surface area contributed by atoms with Gasteiger partial charge in [-0.3, -0.25) is 0 Å². The van der Waals surface area contributed by atoms with Crippen molar-refractivity contribution in [3.8, 4) is 67.0 Å². The molecule has 0 radical (unpaired) electrons. The van der Waals surface area contributed by atoms with Crippen molar-refractivity contribution in [2.75, 3.05) is 0 Å². The van der Waals surface area contributed by atoms with E-state index in [0.717, 1.165) is 72.0 Å². The average molecular weight is 796 g/mol. The molecule has 0 saturated carbocycles. The molecule has 0 aliphatic carbocycles. The van der Waals surface area contributed by atoms with Crippen LogP contribution in [0.5, 0.6) is 0 Å². The monoisotopic (exact) mass is 795 g/mol. The Hall–Kier alpha value is -8.20. The lowest BCUT2D eigenvalue weighted by atomic mass is 9.97. The highest BCUT2D eigenvalue weighted by molar-refractivity contribution is 6.14. The standard InChI is InChI=1S/C60H40N2/c1-5-17-41(18-6-1)45-29-33-57(51(37-45)44-23-11-4-12-24-44)62-56-28-16-14-26-50(56)52-39-47(31-35-58(52)62)48-32-36-60-54(40-48)53-38-46(42-19-7-2-8-20-42)30-34-59(53)61(60)55-27-15-13-25-49(55)43-21-9-3-10-22-43/h1-40H/i14D,16D,26D,28D,31D,35D,39D. The molecule has 0 aliphatic heterocycles. The van der Waals surface area contributed by atoms with E-state index in [1.165, 1.54) is 0 Å². The molecule has 62 heavy (non-hydrogen) atoms. The van der Waals surface area contributed by atoms with Gasteiger partial charge in [-0.15, -0.1) is 0 Å². The number of aromatic nitrogens is 2. The van der Waals surface area contributed by atoms with Gasteiger partial charge in [-0.2, -0.15) is 0 Å². The molecule has 0 spiro atoms. The molecule has 0 N–H and O–H groups in total. The molecule has 0 bridgehead atoms. The molecular formula is C60H40N2. The van der Waals surface area contributed by atoms with Crippen molar-refractivity contribution in [3.05, 3.63) is 242 Å². The van der Waals surface area contributed by atoms with E-state index in [-0.39, 0.29) is 57.6 Å². The van der Waals surface area contributed by atoms with Crippen molar-refractivity contribution < 1.29 is 9.60 Å². The maximum Gasteiger partial charge on any atom is 0.0645 e. The molecule has 0 fully saturated rings. The second-order valence-electron chi connectivity index (χ2n) is 15.5. The zero-order valence-electron chi connectivity index (χ0n) is 40.4. The minimum absolute atomic E-state index is 0.0931. The first-order chi connectivity index (χ1) is 33.7. The lowest BCUT2D eigenvalue weighted by molar-refractivity contribution is 1.18. The molecule has 12 aromatic rings. The Bertz CT molecular complexity index is 4010. The van der Waals surface area contributed by atoms with Crippen LogP contribution in [0.3, 0.4) is 0 Å². The Labute approximate surface area is 370 Å². The second-order valence-corrected chi connectivity index (χ2v) is 15.5. The van der Waals surface area contributed by atoms with Crippen LogP contribution in [0.4, 0.5) is 0 Å². The number of para-hydroxylation sites is 2. The largest absolute Gasteiger partial charge is 0.309 e. The molecule has 2 nitrogen and oxygen atoms in total. The Morgan fingerprint density at radius 2 is 0.742 bits per heavy atom. The van der Waals surface area contributed by atoms with Crippen molar-refractivity contribution in [1.82, 2.24) is 9.13 Å². The summed E-state index contributed by atoms with van der Waals surface area (Å²) in [7, 11) is 0. The predicted octanol–water partition coefficient (Wildman–Crippen LogP) is 16.2. The summed E-state index contributed by atoms with van der Waals surface area (Å²) >= 11 is 0. The van der Waals surface area contributed by atoms with Crippen LogP contribution in [0.25, 0.3) is 111 Å². The Kier molecular flexibility index (Phi) is 6.95. The van der Waals surface area contributed by atoms with Gasteiger partial charge in [0.2, 0.25) is 0 Å². The maximum atomic E-state index is 10.1. The van der Waals surface area contributed by atoms with E-state index in [0.29, 0.717) is 11.3 Å². The van der Waals surface area contributed by atoms with Gasteiger partial charge in [-0.05, 0) is 105 Å². The molecule has 0 amide bonds. The van der Waals surface area contributed by atoms with Gasteiger partial charge in [0.05, 0.1) is 43.0 Å². The molecule has 2 heteroatoms. The highest BCUT2D eigenvalue weighted by Gasteiger charge is 2.20. The summed E-state index contributed by atoms with van der Waals surface area (Å²) in [5.41, 5.74) is 12.3. The molecule has 0 atom stereocenters. The predicted molar refractivity (Wildman–Crippen MR) is 262 cm³/mol. The van der Waals surface area contributed by atoms with Gasteiger partial charge in [0, 0.05) is 32.7 Å². The number of hydrogen-bond donors (Lipinski definition) is 0. The highest BCUT2D eigenvalue weighted by Crippen LogP contribution is 2.42. The van der Waals surface area contributed by atoms with Gasteiger partial charge in [0.25, 0.3) is 0 Å². The Balaban J connectivity index is 1.15. The van der Waals surface area contributed by atoms with E-state index in [1.54, 1.807) is 4.57 Å². The van der Waals surface area contributed by atoms with Crippen LogP contribution in [0, 0.1) is 0 Å². The summed E-state index contributed by atoms with van der Waals surface area (Å²) in [6, 6.07) is 65.1. The van der Waals surface area contributed by atoms with Gasteiger partial charge < -0.3 is 9.13 Å². The highest BCUT2D eigenvalue weighted by atomic mass is 15.0. The van der Waals surface area contributed by atoms with E-state index in [1.807, 2.05) is 140 Å². The van der Waals surface area contributed by atoms with Gasteiger partial charge in [-0.1, -0.05) is 182 Å². The fraction of sp³-hybridized carbons (Fsp3) is 0. The smallest absolute Gasteiger partial charge is 0.0645 e. The number of hydrogen-bond acceptors (Lipinski definition) is 0. The third kappa shape index (κ3) is 5.96.